The Labute approximate surface area is 117 Å². The van der Waals surface area contributed by atoms with E-state index >= 15 is 0 Å². The lowest BCUT2D eigenvalue weighted by molar-refractivity contribution is -0.135. The number of pyridine rings is 1. The first-order valence-electron chi connectivity index (χ1n) is 6.64. The highest BCUT2D eigenvalue weighted by Crippen LogP contribution is 2.28. The van der Waals surface area contributed by atoms with Crippen LogP contribution < -0.4 is 4.90 Å². The Bertz CT molecular complexity index is 498. The van der Waals surface area contributed by atoms with Crippen LogP contribution in [-0.4, -0.2) is 41.7 Å². The Morgan fingerprint density at radius 1 is 1.45 bits per heavy atom. The smallest absolute Gasteiger partial charge is 0.356 e. The molecule has 0 bridgehead atoms. The van der Waals surface area contributed by atoms with E-state index in [-0.39, 0.29) is 18.3 Å². The topological polar surface area (TPSA) is 79.7 Å². The maximum Gasteiger partial charge on any atom is 0.356 e. The molecule has 1 aromatic rings. The molecule has 0 aromatic carbocycles. The molecule has 0 amide bonds. The van der Waals surface area contributed by atoms with E-state index in [1.54, 1.807) is 12.1 Å². The average Bonchev–Trinajstić information content (AvgIpc) is 2.97. The van der Waals surface area contributed by atoms with Crippen molar-refractivity contribution < 1.29 is 19.4 Å². The summed E-state index contributed by atoms with van der Waals surface area (Å²) in [6.07, 6.45) is 5.67. The molecule has 2 rings (SSSR count). The van der Waals surface area contributed by atoms with E-state index in [0.717, 1.165) is 25.7 Å². The van der Waals surface area contributed by atoms with E-state index in [9.17, 15) is 9.59 Å². The normalized spacial score (nSPS) is 15.1. The summed E-state index contributed by atoms with van der Waals surface area (Å²) < 4.78 is 4.64. The quantitative estimate of drug-likeness (QED) is 0.826. The molecule has 108 valence electrons. The van der Waals surface area contributed by atoms with Gasteiger partial charge in [0.1, 0.15) is 12.2 Å². The molecule has 1 aliphatic rings. The third kappa shape index (κ3) is 3.26. The van der Waals surface area contributed by atoms with E-state index in [4.69, 9.17) is 5.11 Å². The van der Waals surface area contributed by atoms with Gasteiger partial charge >= 0.3 is 11.9 Å². The molecule has 6 heteroatoms. The fraction of sp³-hybridized carbons (Fsp3) is 0.500. The van der Waals surface area contributed by atoms with Gasteiger partial charge in [-0.05, 0) is 25.0 Å². The van der Waals surface area contributed by atoms with Crippen molar-refractivity contribution in [2.75, 3.05) is 18.6 Å². The molecule has 20 heavy (non-hydrogen) atoms. The van der Waals surface area contributed by atoms with Gasteiger partial charge in [-0.1, -0.05) is 12.8 Å². The van der Waals surface area contributed by atoms with Crippen molar-refractivity contribution in [3.63, 3.8) is 0 Å². The van der Waals surface area contributed by atoms with E-state index in [2.05, 4.69) is 9.72 Å². The number of carbonyl (C=O) groups excluding carboxylic acids is 1. The lowest BCUT2D eigenvalue weighted by Gasteiger charge is -2.29. The molecular weight excluding hydrogens is 260 g/mol. The SMILES string of the molecule is COC(=O)c1cc(N(CC(=O)O)C2CCCC2)ccn1. The van der Waals surface area contributed by atoms with Crippen molar-refractivity contribution >= 4 is 17.6 Å². The Balaban J connectivity index is 2.27. The van der Waals surface area contributed by atoms with E-state index in [1.165, 1.54) is 13.3 Å². The Morgan fingerprint density at radius 2 is 2.15 bits per heavy atom. The first-order chi connectivity index (χ1) is 9.61. The number of hydrogen-bond donors (Lipinski definition) is 1. The number of carboxylic acid groups (broad SMARTS) is 1. The second kappa shape index (κ2) is 6.36. The predicted molar refractivity (Wildman–Crippen MR) is 72.8 cm³/mol. The largest absolute Gasteiger partial charge is 0.480 e. The van der Waals surface area contributed by atoms with Gasteiger partial charge in [0.05, 0.1) is 7.11 Å². The third-order valence-electron chi connectivity index (χ3n) is 3.54. The molecule has 0 spiro atoms. The van der Waals surface area contributed by atoms with E-state index in [0.29, 0.717) is 5.69 Å². The van der Waals surface area contributed by atoms with Gasteiger partial charge in [-0.15, -0.1) is 0 Å². The zero-order valence-corrected chi connectivity index (χ0v) is 11.4. The highest BCUT2D eigenvalue weighted by Gasteiger charge is 2.25. The molecule has 1 fully saturated rings. The van der Waals surface area contributed by atoms with Crippen molar-refractivity contribution in [2.24, 2.45) is 0 Å². The molecule has 6 nitrogen and oxygen atoms in total. The summed E-state index contributed by atoms with van der Waals surface area (Å²) in [5.74, 6) is -1.40. The van der Waals surface area contributed by atoms with Crippen LogP contribution in [0.25, 0.3) is 0 Å². The van der Waals surface area contributed by atoms with Gasteiger partial charge < -0.3 is 14.7 Å². The molecule has 0 saturated heterocycles. The molecule has 0 unspecified atom stereocenters. The maximum atomic E-state index is 11.5. The number of nitrogens with zero attached hydrogens (tertiary/aromatic N) is 2. The van der Waals surface area contributed by atoms with Crippen molar-refractivity contribution in [3.05, 3.63) is 24.0 Å². The lowest BCUT2D eigenvalue weighted by Crippen LogP contribution is -2.37. The summed E-state index contributed by atoms with van der Waals surface area (Å²) in [6, 6.07) is 3.53. The van der Waals surface area contributed by atoms with Gasteiger partial charge in [0.2, 0.25) is 0 Å². The fourth-order valence-electron chi connectivity index (χ4n) is 2.61. The first-order valence-corrected chi connectivity index (χ1v) is 6.64. The van der Waals surface area contributed by atoms with Gasteiger partial charge in [0, 0.05) is 17.9 Å². The van der Waals surface area contributed by atoms with E-state index < -0.39 is 11.9 Å². The van der Waals surface area contributed by atoms with Crippen molar-refractivity contribution in [1.29, 1.82) is 0 Å². The Hall–Kier alpha value is -2.11. The molecule has 1 aliphatic carbocycles. The highest BCUT2D eigenvalue weighted by atomic mass is 16.5. The molecular formula is C14H18N2O4. The minimum atomic E-state index is -0.881. The van der Waals surface area contributed by atoms with Crippen LogP contribution in [0.1, 0.15) is 36.2 Å². The van der Waals surface area contributed by atoms with Gasteiger partial charge in [-0.25, -0.2) is 9.78 Å². The number of carbonyl (C=O) groups is 2. The summed E-state index contributed by atoms with van der Waals surface area (Å²) >= 11 is 0. The highest BCUT2D eigenvalue weighted by molar-refractivity contribution is 5.88. The molecule has 0 radical (unpaired) electrons. The Kier molecular flexibility index (Phi) is 4.55. The summed E-state index contributed by atoms with van der Waals surface area (Å²) in [5.41, 5.74) is 0.896. The number of hydrogen-bond acceptors (Lipinski definition) is 5. The number of carboxylic acids is 1. The van der Waals surface area contributed by atoms with Gasteiger partial charge in [-0.3, -0.25) is 4.79 Å². The van der Waals surface area contributed by atoms with Crippen LogP contribution >= 0.6 is 0 Å². The maximum absolute atomic E-state index is 11.5. The van der Waals surface area contributed by atoms with Crippen LogP contribution in [0.15, 0.2) is 18.3 Å². The summed E-state index contributed by atoms with van der Waals surface area (Å²) in [5, 5.41) is 9.08. The van der Waals surface area contributed by atoms with Crippen LogP contribution in [0.4, 0.5) is 5.69 Å². The predicted octanol–water partition coefficient (Wildman–Crippen LogP) is 1.70. The molecule has 1 heterocycles. The van der Waals surface area contributed by atoms with Gasteiger partial charge in [-0.2, -0.15) is 0 Å². The molecule has 0 aliphatic heterocycles. The molecule has 0 atom stereocenters. The first kappa shape index (κ1) is 14.3. The Morgan fingerprint density at radius 3 is 2.75 bits per heavy atom. The summed E-state index contributed by atoms with van der Waals surface area (Å²) in [7, 11) is 1.29. The molecule has 1 N–H and O–H groups in total. The second-order valence-corrected chi connectivity index (χ2v) is 4.85. The van der Waals surface area contributed by atoms with Crippen molar-refractivity contribution in [3.8, 4) is 0 Å². The summed E-state index contributed by atoms with van der Waals surface area (Å²) in [6.45, 7) is -0.0741. The molecule has 1 saturated carbocycles. The number of aliphatic carboxylic acids is 1. The number of esters is 1. The van der Waals surface area contributed by atoms with Gasteiger partial charge in [0.25, 0.3) is 0 Å². The zero-order valence-electron chi connectivity index (χ0n) is 11.4. The molecule has 1 aromatic heterocycles. The number of rotatable bonds is 5. The van der Waals surface area contributed by atoms with Crippen molar-refractivity contribution in [2.45, 2.75) is 31.7 Å². The zero-order chi connectivity index (χ0) is 14.5. The minimum Gasteiger partial charge on any atom is -0.480 e. The fourth-order valence-corrected chi connectivity index (χ4v) is 2.61. The van der Waals surface area contributed by atoms with Crippen molar-refractivity contribution in [1.82, 2.24) is 4.98 Å². The van der Waals surface area contributed by atoms with Crippen LogP contribution in [0.3, 0.4) is 0 Å². The third-order valence-corrected chi connectivity index (χ3v) is 3.54. The number of aromatic nitrogens is 1. The number of methoxy groups -OCH3 is 1. The van der Waals surface area contributed by atoms with Crippen LogP contribution in [0, 0.1) is 0 Å². The minimum absolute atomic E-state index is 0.0741. The number of anilines is 1. The summed E-state index contributed by atoms with van der Waals surface area (Å²) in [4.78, 5) is 28.4. The standard InChI is InChI=1S/C14H18N2O4/c1-20-14(19)12-8-11(6-7-15-12)16(9-13(17)18)10-4-2-3-5-10/h6-8,10H,2-5,9H2,1H3,(H,17,18). The van der Waals surface area contributed by atoms with Crippen LogP contribution in [0.5, 0.6) is 0 Å². The van der Waals surface area contributed by atoms with Gasteiger partial charge in [0.15, 0.2) is 0 Å². The van der Waals surface area contributed by atoms with Crippen LogP contribution in [-0.2, 0) is 9.53 Å². The number of ether oxygens (including phenoxy) is 1. The second-order valence-electron chi connectivity index (χ2n) is 4.85. The average molecular weight is 278 g/mol. The monoisotopic (exact) mass is 278 g/mol. The van der Waals surface area contributed by atoms with E-state index in [1.807, 2.05) is 4.90 Å². The lowest BCUT2D eigenvalue weighted by atomic mass is 10.1. The van der Waals surface area contributed by atoms with Crippen LogP contribution in [0.2, 0.25) is 0 Å².